The SMILES string of the molecule is COc1ccc(Cc2c(Br)cccc2OC)cc1. The van der Waals surface area contributed by atoms with Gasteiger partial charge in [0, 0.05) is 16.5 Å². The summed E-state index contributed by atoms with van der Waals surface area (Å²) in [5, 5.41) is 0. The van der Waals surface area contributed by atoms with E-state index in [0.717, 1.165) is 28.0 Å². The molecule has 0 N–H and O–H groups in total. The van der Waals surface area contributed by atoms with Gasteiger partial charge in [-0.3, -0.25) is 0 Å². The highest BCUT2D eigenvalue weighted by Crippen LogP contribution is 2.29. The van der Waals surface area contributed by atoms with Crippen molar-refractivity contribution in [2.24, 2.45) is 0 Å². The van der Waals surface area contributed by atoms with Gasteiger partial charge in [0.1, 0.15) is 11.5 Å². The molecule has 0 unspecified atom stereocenters. The standard InChI is InChI=1S/C15H15BrO2/c1-17-12-8-6-11(7-9-12)10-13-14(16)4-3-5-15(13)18-2/h3-9H,10H2,1-2H3. The second kappa shape index (κ2) is 5.91. The van der Waals surface area contributed by atoms with E-state index < -0.39 is 0 Å². The average molecular weight is 307 g/mol. The smallest absolute Gasteiger partial charge is 0.123 e. The molecule has 0 saturated carbocycles. The van der Waals surface area contributed by atoms with Gasteiger partial charge in [0.2, 0.25) is 0 Å². The number of benzene rings is 2. The van der Waals surface area contributed by atoms with E-state index in [1.165, 1.54) is 5.56 Å². The zero-order chi connectivity index (χ0) is 13.0. The molecule has 2 aromatic carbocycles. The molecule has 0 aliphatic heterocycles. The van der Waals surface area contributed by atoms with Crippen molar-refractivity contribution in [3.8, 4) is 11.5 Å². The molecule has 0 heterocycles. The first-order valence-electron chi connectivity index (χ1n) is 5.69. The Bertz CT molecular complexity index is 521. The highest BCUT2D eigenvalue weighted by atomic mass is 79.9. The molecule has 0 radical (unpaired) electrons. The van der Waals surface area contributed by atoms with Crippen molar-refractivity contribution < 1.29 is 9.47 Å². The zero-order valence-corrected chi connectivity index (χ0v) is 12.0. The second-order valence-corrected chi connectivity index (χ2v) is 4.80. The summed E-state index contributed by atoms with van der Waals surface area (Å²) in [4.78, 5) is 0. The van der Waals surface area contributed by atoms with E-state index in [2.05, 4.69) is 28.1 Å². The van der Waals surface area contributed by atoms with Crippen LogP contribution in [0.15, 0.2) is 46.9 Å². The fourth-order valence-electron chi connectivity index (χ4n) is 1.85. The van der Waals surface area contributed by atoms with E-state index in [1.54, 1.807) is 14.2 Å². The molecule has 0 amide bonds. The van der Waals surface area contributed by atoms with Crippen LogP contribution in [0.5, 0.6) is 11.5 Å². The molecule has 0 aromatic heterocycles. The maximum atomic E-state index is 5.39. The molecule has 0 saturated heterocycles. The Balaban J connectivity index is 2.27. The predicted molar refractivity (Wildman–Crippen MR) is 76.5 cm³/mol. The summed E-state index contributed by atoms with van der Waals surface area (Å²) in [6.45, 7) is 0. The van der Waals surface area contributed by atoms with Gasteiger partial charge in [-0.1, -0.05) is 34.1 Å². The fourth-order valence-corrected chi connectivity index (χ4v) is 2.34. The molecule has 3 heteroatoms. The van der Waals surface area contributed by atoms with Crippen LogP contribution in [-0.2, 0) is 6.42 Å². The van der Waals surface area contributed by atoms with Gasteiger partial charge >= 0.3 is 0 Å². The van der Waals surface area contributed by atoms with Crippen molar-refractivity contribution in [1.82, 2.24) is 0 Å². The molecule has 0 spiro atoms. The van der Waals surface area contributed by atoms with Gasteiger partial charge in [-0.05, 0) is 29.8 Å². The Kier molecular flexibility index (Phi) is 4.26. The molecule has 0 aliphatic rings. The van der Waals surface area contributed by atoms with E-state index in [1.807, 2.05) is 30.3 Å². The quantitative estimate of drug-likeness (QED) is 0.848. The summed E-state index contributed by atoms with van der Waals surface area (Å²) >= 11 is 3.57. The maximum absolute atomic E-state index is 5.39. The van der Waals surface area contributed by atoms with Crippen LogP contribution >= 0.6 is 15.9 Å². The van der Waals surface area contributed by atoms with Crippen molar-refractivity contribution in [3.63, 3.8) is 0 Å². The highest BCUT2D eigenvalue weighted by Gasteiger charge is 2.08. The van der Waals surface area contributed by atoms with Gasteiger partial charge in [-0.15, -0.1) is 0 Å². The fraction of sp³-hybridized carbons (Fsp3) is 0.200. The van der Waals surface area contributed by atoms with E-state index in [-0.39, 0.29) is 0 Å². The minimum absolute atomic E-state index is 0.828. The summed E-state index contributed by atoms with van der Waals surface area (Å²) in [7, 11) is 3.37. The zero-order valence-electron chi connectivity index (χ0n) is 10.4. The van der Waals surface area contributed by atoms with Crippen molar-refractivity contribution in [2.45, 2.75) is 6.42 Å². The molecule has 94 valence electrons. The lowest BCUT2D eigenvalue weighted by Crippen LogP contribution is -1.95. The van der Waals surface area contributed by atoms with Crippen LogP contribution in [0.2, 0.25) is 0 Å². The number of methoxy groups -OCH3 is 2. The Morgan fingerprint density at radius 2 is 1.67 bits per heavy atom. The van der Waals surface area contributed by atoms with Crippen LogP contribution in [0, 0.1) is 0 Å². The van der Waals surface area contributed by atoms with Crippen molar-refractivity contribution in [3.05, 3.63) is 58.1 Å². The van der Waals surface area contributed by atoms with Gasteiger partial charge in [0.15, 0.2) is 0 Å². The van der Waals surface area contributed by atoms with E-state index >= 15 is 0 Å². The minimum atomic E-state index is 0.828. The third-order valence-corrected chi connectivity index (χ3v) is 3.58. The van der Waals surface area contributed by atoms with Crippen LogP contribution in [0.3, 0.4) is 0 Å². The third-order valence-electron chi connectivity index (χ3n) is 2.84. The lowest BCUT2D eigenvalue weighted by atomic mass is 10.0. The lowest BCUT2D eigenvalue weighted by Gasteiger charge is -2.11. The number of halogens is 1. The van der Waals surface area contributed by atoms with Crippen molar-refractivity contribution in [2.75, 3.05) is 14.2 Å². The Hall–Kier alpha value is -1.48. The Morgan fingerprint density at radius 3 is 2.28 bits per heavy atom. The molecule has 2 rings (SSSR count). The van der Waals surface area contributed by atoms with Gasteiger partial charge in [-0.25, -0.2) is 0 Å². The molecule has 0 fully saturated rings. The summed E-state index contributed by atoms with van der Waals surface area (Å²) < 4.78 is 11.6. The third kappa shape index (κ3) is 2.85. The number of rotatable bonds is 4. The molecule has 0 atom stereocenters. The molecular formula is C15H15BrO2. The van der Waals surface area contributed by atoms with Crippen molar-refractivity contribution in [1.29, 1.82) is 0 Å². The summed E-state index contributed by atoms with van der Waals surface area (Å²) in [5.41, 5.74) is 2.38. The van der Waals surface area contributed by atoms with Gasteiger partial charge in [-0.2, -0.15) is 0 Å². The van der Waals surface area contributed by atoms with Crippen LogP contribution in [0.1, 0.15) is 11.1 Å². The first kappa shape index (κ1) is 13.0. The Labute approximate surface area is 116 Å². The lowest BCUT2D eigenvalue weighted by molar-refractivity contribution is 0.410. The molecule has 2 aromatic rings. The van der Waals surface area contributed by atoms with Crippen LogP contribution in [0.25, 0.3) is 0 Å². The average Bonchev–Trinajstić information content (AvgIpc) is 2.42. The van der Waals surface area contributed by atoms with Crippen LogP contribution < -0.4 is 9.47 Å². The Morgan fingerprint density at radius 1 is 0.944 bits per heavy atom. The summed E-state index contributed by atoms with van der Waals surface area (Å²) in [6, 6.07) is 14.1. The molecule has 18 heavy (non-hydrogen) atoms. The number of hydrogen-bond donors (Lipinski definition) is 0. The first-order chi connectivity index (χ1) is 8.74. The predicted octanol–water partition coefficient (Wildman–Crippen LogP) is 4.06. The monoisotopic (exact) mass is 306 g/mol. The van der Waals surface area contributed by atoms with Gasteiger partial charge in [0.05, 0.1) is 14.2 Å². The maximum Gasteiger partial charge on any atom is 0.123 e. The molecule has 0 bridgehead atoms. The topological polar surface area (TPSA) is 18.5 Å². The van der Waals surface area contributed by atoms with Crippen LogP contribution in [-0.4, -0.2) is 14.2 Å². The van der Waals surface area contributed by atoms with Crippen molar-refractivity contribution >= 4 is 15.9 Å². The van der Waals surface area contributed by atoms with Gasteiger partial charge < -0.3 is 9.47 Å². The largest absolute Gasteiger partial charge is 0.497 e. The van der Waals surface area contributed by atoms with E-state index in [4.69, 9.17) is 9.47 Å². The minimum Gasteiger partial charge on any atom is -0.497 e. The molecular weight excluding hydrogens is 292 g/mol. The number of hydrogen-bond acceptors (Lipinski definition) is 2. The molecule has 0 aliphatic carbocycles. The summed E-state index contributed by atoms with van der Waals surface area (Å²) in [6.07, 6.45) is 0.828. The number of ether oxygens (including phenoxy) is 2. The molecule has 2 nitrogen and oxygen atoms in total. The first-order valence-corrected chi connectivity index (χ1v) is 6.48. The van der Waals surface area contributed by atoms with E-state index in [0.29, 0.717) is 0 Å². The normalized spacial score (nSPS) is 10.2. The van der Waals surface area contributed by atoms with Crippen LogP contribution in [0.4, 0.5) is 0 Å². The second-order valence-electron chi connectivity index (χ2n) is 3.95. The van der Waals surface area contributed by atoms with Gasteiger partial charge in [0.25, 0.3) is 0 Å². The van der Waals surface area contributed by atoms with E-state index in [9.17, 15) is 0 Å². The summed E-state index contributed by atoms with van der Waals surface area (Å²) in [5.74, 6) is 1.78. The highest BCUT2D eigenvalue weighted by molar-refractivity contribution is 9.10.